The van der Waals surface area contributed by atoms with Crippen LogP contribution < -0.4 is 15.4 Å². The Labute approximate surface area is 165 Å². The van der Waals surface area contributed by atoms with Gasteiger partial charge in [-0.25, -0.2) is 9.78 Å². The summed E-state index contributed by atoms with van der Waals surface area (Å²) in [6, 6.07) is 12.0. The molecule has 1 aliphatic heterocycles. The maximum Gasteiger partial charge on any atom is 0.407 e. The Balaban J connectivity index is 1.93. The van der Waals surface area contributed by atoms with Crippen LogP contribution in [0.15, 0.2) is 36.4 Å². The molecule has 28 heavy (non-hydrogen) atoms. The molecule has 1 aliphatic rings. The van der Waals surface area contributed by atoms with Gasteiger partial charge >= 0.3 is 6.09 Å². The van der Waals surface area contributed by atoms with E-state index in [-0.39, 0.29) is 6.04 Å². The minimum absolute atomic E-state index is 0.110. The van der Waals surface area contributed by atoms with E-state index in [9.17, 15) is 9.90 Å². The second-order valence-electron chi connectivity index (χ2n) is 6.78. The standard InChI is InChI=1S/C21H28N4O3/c1-3-15-14-24(21(26)27)11-12-25(15)19-10-9-17(23-18(19)13-22)16-7-5-6-8-20(16)28-4-2/h5-10,15H,3-4,11-14,22H2,1-2H3,(H,26,27)/t15-/m1/s1. The highest BCUT2D eigenvalue weighted by Gasteiger charge is 2.30. The Morgan fingerprint density at radius 3 is 2.71 bits per heavy atom. The van der Waals surface area contributed by atoms with Crippen LogP contribution in [-0.4, -0.2) is 53.4 Å². The molecule has 1 atom stereocenters. The molecular weight excluding hydrogens is 356 g/mol. The third-order valence-electron chi connectivity index (χ3n) is 5.14. The lowest BCUT2D eigenvalue weighted by molar-refractivity contribution is 0.134. The number of pyridine rings is 1. The molecule has 150 valence electrons. The number of ether oxygens (including phenoxy) is 1. The molecule has 1 fully saturated rings. The van der Waals surface area contributed by atoms with Crippen LogP contribution in [-0.2, 0) is 6.54 Å². The zero-order valence-corrected chi connectivity index (χ0v) is 16.5. The number of rotatable bonds is 6. The van der Waals surface area contributed by atoms with Gasteiger partial charge in [0.15, 0.2) is 0 Å². The predicted octanol–water partition coefficient (Wildman–Crippen LogP) is 3.18. The van der Waals surface area contributed by atoms with Crippen molar-refractivity contribution < 1.29 is 14.6 Å². The van der Waals surface area contributed by atoms with E-state index >= 15 is 0 Å². The molecular formula is C21H28N4O3. The number of benzene rings is 1. The summed E-state index contributed by atoms with van der Waals surface area (Å²) in [5.41, 5.74) is 9.60. The molecule has 1 aromatic carbocycles. The molecule has 7 nitrogen and oxygen atoms in total. The van der Waals surface area contributed by atoms with Gasteiger partial charge in [-0.3, -0.25) is 0 Å². The van der Waals surface area contributed by atoms with Gasteiger partial charge in [-0.1, -0.05) is 19.1 Å². The molecule has 3 rings (SSSR count). The molecule has 0 saturated carbocycles. The van der Waals surface area contributed by atoms with Gasteiger partial charge in [-0.2, -0.15) is 0 Å². The number of nitrogens with two attached hydrogens (primary N) is 1. The number of hydrogen-bond acceptors (Lipinski definition) is 5. The van der Waals surface area contributed by atoms with Crippen LogP contribution in [0.1, 0.15) is 26.0 Å². The summed E-state index contributed by atoms with van der Waals surface area (Å²) in [7, 11) is 0. The van der Waals surface area contributed by atoms with Gasteiger partial charge < -0.3 is 25.4 Å². The van der Waals surface area contributed by atoms with Crippen molar-refractivity contribution in [1.29, 1.82) is 0 Å². The highest BCUT2D eigenvalue weighted by atomic mass is 16.5. The van der Waals surface area contributed by atoms with Crippen molar-refractivity contribution in [3.05, 3.63) is 42.1 Å². The second-order valence-corrected chi connectivity index (χ2v) is 6.78. The lowest BCUT2D eigenvalue weighted by Crippen LogP contribution is -2.54. The number of nitrogens with zero attached hydrogens (tertiary/aromatic N) is 3. The monoisotopic (exact) mass is 384 g/mol. The minimum atomic E-state index is -0.863. The third kappa shape index (κ3) is 4.04. The van der Waals surface area contributed by atoms with E-state index in [1.165, 1.54) is 4.90 Å². The van der Waals surface area contributed by atoms with Crippen molar-refractivity contribution in [3.63, 3.8) is 0 Å². The van der Waals surface area contributed by atoms with Crippen LogP contribution in [0.4, 0.5) is 10.5 Å². The quantitative estimate of drug-likeness (QED) is 0.795. The number of amides is 1. The number of carbonyl (C=O) groups is 1. The maximum atomic E-state index is 11.3. The normalized spacial score (nSPS) is 16.9. The van der Waals surface area contributed by atoms with Gasteiger partial charge in [0, 0.05) is 37.8 Å². The first-order valence-electron chi connectivity index (χ1n) is 9.75. The molecule has 2 heterocycles. The van der Waals surface area contributed by atoms with Crippen LogP contribution >= 0.6 is 0 Å². The smallest absolute Gasteiger partial charge is 0.407 e. The van der Waals surface area contributed by atoms with Crippen molar-refractivity contribution >= 4 is 11.8 Å². The maximum absolute atomic E-state index is 11.3. The van der Waals surface area contributed by atoms with Crippen LogP contribution in [0.5, 0.6) is 5.75 Å². The van der Waals surface area contributed by atoms with Gasteiger partial charge in [0.2, 0.25) is 0 Å². The minimum Gasteiger partial charge on any atom is -0.493 e. The Morgan fingerprint density at radius 1 is 1.25 bits per heavy atom. The van der Waals surface area contributed by atoms with Crippen molar-refractivity contribution in [2.24, 2.45) is 5.73 Å². The highest BCUT2D eigenvalue weighted by Crippen LogP contribution is 2.32. The van der Waals surface area contributed by atoms with Crippen molar-refractivity contribution in [2.45, 2.75) is 32.9 Å². The first-order chi connectivity index (χ1) is 13.6. The summed E-state index contributed by atoms with van der Waals surface area (Å²) in [4.78, 5) is 19.9. The Morgan fingerprint density at radius 2 is 2.04 bits per heavy atom. The second kappa shape index (κ2) is 8.93. The van der Waals surface area contributed by atoms with E-state index in [0.717, 1.165) is 34.8 Å². The van der Waals surface area contributed by atoms with Crippen LogP contribution in [0.3, 0.4) is 0 Å². The number of carboxylic acid groups (broad SMARTS) is 1. The van der Waals surface area contributed by atoms with Crippen LogP contribution in [0.25, 0.3) is 11.3 Å². The van der Waals surface area contributed by atoms with Gasteiger partial charge in [-0.05, 0) is 37.6 Å². The topological polar surface area (TPSA) is 91.9 Å². The molecule has 0 radical (unpaired) electrons. The summed E-state index contributed by atoms with van der Waals surface area (Å²) in [6.45, 7) is 6.54. The largest absolute Gasteiger partial charge is 0.493 e. The van der Waals surface area contributed by atoms with Gasteiger partial charge in [0.05, 0.1) is 23.7 Å². The predicted molar refractivity (Wildman–Crippen MR) is 110 cm³/mol. The fourth-order valence-electron chi connectivity index (χ4n) is 3.71. The van der Waals surface area contributed by atoms with Crippen molar-refractivity contribution in [1.82, 2.24) is 9.88 Å². The highest BCUT2D eigenvalue weighted by molar-refractivity contribution is 5.70. The zero-order chi connectivity index (χ0) is 20.1. The molecule has 1 aromatic heterocycles. The van der Waals surface area contributed by atoms with Crippen molar-refractivity contribution in [2.75, 3.05) is 31.1 Å². The first kappa shape index (κ1) is 19.9. The Hall–Kier alpha value is -2.80. The molecule has 2 aromatic rings. The molecule has 0 spiro atoms. The number of aromatic nitrogens is 1. The molecule has 0 unspecified atom stereocenters. The van der Waals surface area contributed by atoms with Gasteiger partial charge in [0.25, 0.3) is 0 Å². The molecule has 0 bridgehead atoms. The van der Waals surface area contributed by atoms with E-state index < -0.39 is 6.09 Å². The third-order valence-corrected chi connectivity index (χ3v) is 5.14. The lowest BCUT2D eigenvalue weighted by atomic mass is 10.1. The molecule has 0 aliphatic carbocycles. The molecule has 1 amide bonds. The van der Waals surface area contributed by atoms with E-state index in [4.69, 9.17) is 15.5 Å². The molecule has 1 saturated heterocycles. The summed E-state index contributed by atoms with van der Waals surface area (Å²) in [5.74, 6) is 0.801. The summed E-state index contributed by atoms with van der Waals surface area (Å²) in [5, 5.41) is 9.30. The Kier molecular flexibility index (Phi) is 6.36. The molecule has 3 N–H and O–H groups in total. The lowest BCUT2D eigenvalue weighted by Gasteiger charge is -2.42. The van der Waals surface area contributed by atoms with Crippen molar-refractivity contribution in [3.8, 4) is 17.0 Å². The SMILES string of the molecule is CCOc1ccccc1-c1ccc(N2CCN(C(=O)O)C[C@H]2CC)c(CN)n1. The summed E-state index contributed by atoms with van der Waals surface area (Å²) in [6.07, 6.45) is -0.0129. The van der Waals surface area contributed by atoms with E-state index in [1.807, 2.05) is 43.3 Å². The zero-order valence-electron chi connectivity index (χ0n) is 16.5. The average Bonchev–Trinajstić information content (AvgIpc) is 2.73. The van der Waals surface area contributed by atoms with E-state index in [2.05, 4.69) is 11.8 Å². The van der Waals surface area contributed by atoms with Gasteiger partial charge in [0.1, 0.15) is 5.75 Å². The fraction of sp³-hybridized carbons (Fsp3) is 0.429. The first-order valence-corrected chi connectivity index (χ1v) is 9.75. The Bertz CT molecular complexity index is 827. The van der Waals surface area contributed by atoms with Crippen LogP contribution in [0.2, 0.25) is 0 Å². The number of piperazine rings is 1. The van der Waals surface area contributed by atoms with Crippen LogP contribution in [0, 0.1) is 0 Å². The fourth-order valence-corrected chi connectivity index (χ4v) is 3.71. The summed E-state index contributed by atoms with van der Waals surface area (Å²) >= 11 is 0. The summed E-state index contributed by atoms with van der Waals surface area (Å²) < 4.78 is 5.74. The number of para-hydroxylation sites is 1. The average molecular weight is 384 g/mol. The van der Waals surface area contributed by atoms with E-state index in [1.54, 1.807) is 0 Å². The van der Waals surface area contributed by atoms with E-state index in [0.29, 0.717) is 32.8 Å². The number of hydrogen-bond donors (Lipinski definition) is 2. The molecule has 7 heteroatoms. The van der Waals surface area contributed by atoms with Gasteiger partial charge in [-0.15, -0.1) is 0 Å². The number of anilines is 1.